The molecule has 0 fully saturated rings. The van der Waals surface area contributed by atoms with Gasteiger partial charge in [-0.05, 0) is 51.1 Å². The van der Waals surface area contributed by atoms with E-state index < -0.39 is 14.6 Å². The van der Waals surface area contributed by atoms with Crippen LogP contribution in [0.1, 0.15) is 26.3 Å². The van der Waals surface area contributed by atoms with E-state index in [-0.39, 0.29) is 5.03 Å². The second-order valence-electron chi connectivity index (χ2n) is 6.31. The van der Waals surface area contributed by atoms with Gasteiger partial charge in [0.05, 0.1) is 23.7 Å². The first-order valence-electron chi connectivity index (χ1n) is 7.42. The lowest BCUT2D eigenvalue weighted by Crippen LogP contribution is -2.28. The Morgan fingerprint density at radius 1 is 1.21 bits per heavy atom. The topological polar surface area (TPSA) is 68.3 Å². The number of sulfone groups is 1. The van der Waals surface area contributed by atoms with E-state index in [1.54, 1.807) is 46.1 Å². The number of nitrogens with one attached hydrogen (secondary N) is 1. The van der Waals surface area contributed by atoms with E-state index in [0.717, 1.165) is 11.3 Å². The Morgan fingerprint density at radius 3 is 2.46 bits per heavy atom. The number of methoxy groups -OCH3 is 1. The normalized spacial score (nSPS) is 12.0. The number of benzene rings is 1. The van der Waals surface area contributed by atoms with Crippen LogP contribution in [0.25, 0.3) is 0 Å². The summed E-state index contributed by atoms with van der Waals surface area (Å²) in [6, 6.07) is 8.59. The van der Waals surface area contributed by atoms with Gasteiger partial charge in [-0.25, -0.2) is 13.4 Å². The van der Waals surface area contributed by atoms with E-state index in [9.17, 15) is 8.42 Å². The molecule has 1 N–H and O–H groups in total. The van der Waals surface area contributed by atoms with Crippen molar-refractivity contribution >= 4 is 27.1 Å². The van der Waals surface area contributed by atoms with E-state index in [1.165, 1.54) is 12.3 Å². The summed E-state index contributed by atoms with van der Waals surface area (Å²) < 4.78 is 29.1. The Balaban J connectivity index is 2.15. The molecule has 130 valence electrons. The maximum atomic E-state index is 12.4. The van der Waals surface area contributed by atoms with Gasteiger partial charge in [-0.3, -0.25) is 0 Å². The lowest BCUT2D eigenvalue weighted by molar-refractivity contribution is 0.410. The number of pyridine rings is 1. The molecule has 0 amide bonds. The molecular weight excluding hydrogens is 348 g/mol. The maximum Gasteiger partial charge on any atom is 0.200 e. The number of rotatable bonds is 5. The zero-order valence-corrected chi connectivity index (χ0v) is 15.7. The fraction of sp³-hybridized carbons (Fsp3) is 0.353. The highest BCUT2D eigenvalue weighted by Gasteiger charge is 2.31. The van der Waals surface area contributed by atoms with Gasteiger partial charge in [-0.1, -0.05) is 11.6 Å². The molecule has 0 aliphatic rings. The summed E-state index contributed by atoms with van der Waals surface area (Å²) in [5.41, 5.74) is 1.61. The van der Waals surface area contributed by atoms with Crippen molar-refractivity contribution in [2.45, 2.75) is 37.1 Å². The van der Waals surface area contributed by atoms with Gasteiger partial charge in [0.1, 0.15) is 5.75 Å². The van der Waals surface area contributed by atoms with Gasteiger partial charge >= 0.3 is 0 Å². The van der Waals surface area contributed by atoms with Gasteiger partial charge in [0.15, 0.2) is 14.9 Å². The summed E-state index contributed by atoms with van der Waals surface area (Å²) in [6.45, 7) is 5.45. The van der Waals surface area contributed by atoms with E-state index in [1.807, 2.05) is 6.07 Å². The highest BCUT2D eigenvalue weighted by atomic mass is 35.5. The first kappa shape index (κ1) is 18.5. The third-order valence-electron chi connectivity index (χ3n) is 3.54. The molecule has 1 aromatic heterocycles. The second kappa shape index (κ2) is 6.99. The highest BCUT2D eigenvalue weighted by Crippen LogP contribution is 2.25. The van der Waals surface area contributed by atoms with Crippen molar-refractivity contribution < 1.29 is 13.2 Å². The SMILES string of the molecule is COc1ccc(Cl)cc1CNc1ccc(S(=O)(=O)C(C)(C)C)nc1. The van der Waals surface area contributed by atoms with Crippen LogP contribution in [-0.4, -0.2) is 25.3 Å². The minimum atomic E-state index is -3.45. The molecule has 0 saturated heterocycles. The van der Waals surface area contributed by atoms with Crippen LogP contribution in [0.4, 0.5) is 5.69 Å². The molecule has 0 spiro atoms. The van der Waals surface area contributed by atoms with Crippen molar-refractivity contribution in [3.8, 4) is 5.75 Å². The van der Waals surface area contributed by atoms with Crippen LogP contribution in [0.5, 0.6) is 5.75 Å². The van der Waals surface area contributed by atoms with Crippen LogP contribution < -0.4 is 10.1 Å². The molecule has 2 aromatic rings. The summed E-state index contributed by atoms with van der Waals surface area (Å²) in [4.78, 5) is 4.08. The molecule has 0 unspecified atom stereocenters. The third-order valence-corrected chi connectivity index (χ3v) is 6.18. The molecular formula is C17H21ClN2O3S. The zero-order valence-electron chi connectivity index (χ0n) is 14.1. The Hall–Kier alpha value is -1.79. The number of halogens is 1. The molecule has 1 heterocycles. The lowest BCUT2D eigenvalue weighted by Gasteiger charge is -2.18. The third kappa shape index (κ3) is 3.99. The average Bonchev–Trinajstić information content (AvgIpc) is 2.52. The van der Waals surface area contributed by atoms with Gasteiger partial charge in [0, 0.05) is 17.1 Å². The molecule has 7 heteroatoms. The van der Waals surface area contributed by atoms with Crippen LogP contribution in [0.15, 0.2) is 41.6 Å². The molecule has 0 atom stereocenters. The predicted octanol–water partition coefficient (Wildman–Crippen LogP) is 3.93. The fourth-order valence-electron chi connectivity index (χ4n) is 2.04. The van der Waals surface area contributed by atoms with Gasteiger partial charge in [0.25, 0.3) is 0 Å². The van der Waals surface area contributed by atoms with Crippen molar-refractivity contribution in [3.63, 3.8) is 0 Å². The second-order valence-corrected chi connectivity index (χ2v) is 9.40. The standard InChI is InChI=1S/C17H21ClN2O3S/c1-17(2,3)24(21,22)16-8-6-14(11-20-16)19-10-12-9-13(18)5-7-15(12)23-4/h5-9,11,19H,10H2,1-4H3. The molecule has 0 saturated carbocycles. The quantitative estimate of drug-likeness (QED) is 0.866. The van der Waals surface area contributed by atoms with Crippen molar-refractivity contribution in [2.75, 3.05) is 12.4 Å². The largest absolute Gasteiger partial charge is 0.496 e. The number of hydrogen-bond donors (Lipinski definition) is 1. The Labute approximate surface area is 147 Å². The smallest absolute Gasteiger partial charge is 0.200 e. The van der Waals surface area contributed by atoms with Crippen molar-refractivity contribution in [3.05, 3.63) is 47.1 Å². The van der Waals surface area contributed by atoms with E-state index in [4.69, 9.17) is 16.3 Å². The van der Waals surface area contributed by atoms with Crippen molar-refractivity contribution in [2.24, 2.45) is 0 Å². The molecule has 0 aliphatic heterocycles. The van der Waals surface area contributed by atoms with Gasteiger partial charge < -0.3 is 10.1 Å². The van der Waals surface area contributed by atoms with Gasteiger partial charge in [0.2, 0.25) is 0 Å². The minimum absolute atomic E-state index is 0.0703. The molecule has 0 radical (unpaired) electrons. The maximum absolute atomic E-state index is 12.4. The monoisotopic (exact) mass is 368 g/mol. The molecule has 1 aromatic carbocycles. The summed E-state index contributed by atoms with van der Waals surface area (Å²) in [5, 5.41) is 3.88. The number of hydrogen-bond acceptors (Lipinski definition) is 5. The number of ether oxygens (including phenoxy) is 1. The van der Waals surface area contributed by atoms with E-state index in [2.05, 4.69) is 10.3 Å². The predicted molar refractivity (Wildman–Crippen MR) is 96.5 cm³/mol. The number of aromatic nitrogens is 1. The Bertz CT molecular complexity index is 813. The Kier molecular flexibility index (Phi) is 5.40. The molecule has 24 heavy (non-hydrogen) atoms. The first-order chi connectivity index (χ1) is 11.1. The Morgan fingerprint density at radius 2 is 1.92 bits per heavy atom. The van der Waals surface area contributed by atoms with E-state index >= 15 is 0 Å². The van der Waals surface area contributed by atoms with E-state index in [0.29, 0.717) is 17.3 Å². The van der Waals surface area contributed by atoms with Crippen LogP contribution in [0.3, 0.4) is 0 Å². The first-order valence-corrected chi connectivity index (χ1v) is 9.28. The molecule has 0 bridgehead atoms. The van der Waals surface area contributed by atoms with Crippen LogP contribution in [0.2, 0.25) is 5.02 Å². The molecule has 0 aliphatic carbocycles. The van der Waals surface area contributed by atoms with Crippen LogP contribution >= 0.6 is 11.6 Å². The highest BCUT2D eigenvalue weighted by molar-refractivity contribution is 7.92. The van der Waals surface area contributed by atoms with Gasteiger partial charge in [-0.15, -0.1) is 0 Å². The van der Waals surface area contributed by atoms with Crippen LogP contribution in [0, 0.1) is 0 Å². The van der Waals surface area contributed by atoms with Crippen LogP contribution in [-0.2, 0) is 16.4 Å². The summed E-state index contributed by atoms with van der Waals surface area (Å²) >= 11 is 6.01. The molecule has 2 rings (SSSR count). The number of anilines is 1. The summed E-state index contributed by atoms with van der Waals surface area (Å²) in [5.74, 6) is 0.729. The number of nitrogens with zero attached hydrogens (tertiary/aromatic N) is 1. The van der Waals surface area contributed by atoms with Crippen molar-refractivity contribution in [1.29, 1.82) is 0 Å². The minimum Gasteiger partial charge on any atom is -0.496 e. The average molecular weight is 369 g/mol. The van der Waals surface area contributed by atoms with Crippen molar-refractivity contribution in [1.82, 2.24) is 4.98 Å². The molecule has 5 nitrogen and oxygen atoms in total. The van der Waals surface area contributed by atoms with Gasteiger partial charge in [-0.2, -0.15) is 0 Å². The summed E-state index contributed by atoms with van der Waals surface area (Å²) in [6.07, 6.45) is 1.51. The zero-order chi connectivity index (χ0) is 18.0. The summed E-state index contributed by atoms with van der Waals surface area (Å²) in [7, 11) is -1.86. The lowest BCUT2D eigenvalue weighted by atomic mass is 10.2. The fourth-order valence-corrected chi connectivity index (χ4v) is 3.30.